The van der Waals surface area contributed by atoms with Crippen molar-refractivity contribution in [2.45, 2.75) is 59.2 Å². The van der Waals surface area contributed by atoms with Crippen LogP contribution in [0.2, 0.25) is 0 Å². The molecule has 0 unspecified atom stereocenters. The lowest BCUT2D eigenvalue weighted by molar-refractivity contribution is -0.154. The monoisotopic (exact) mass is 376 g/mol. The Morgan fingerprint density at radius 2 is 1.81 bits per heavy atom. The molecule has 0 bridgehead atoms. The maximum Gasteiger partial charge on any atom is 0.312 e. The van der Waals surface area contributed by atoms with E-state index in [0.717, 1.165) is 5.56 Å². The van der Waals surface area contributed by atoms with Gasteiger partial charge in [-0.3, -0.25) is 9.59 Å². The molecule has 1 rings (SSSR count). The van der Waals surface area contributed by atoms with E-state index in [-0.39, 0.29) is 12.6 Å². The Bertz CT molecular complexity index is 588. The van der Waals surface area contributed by atoms with Gasteiger partial charge in [-0.05, 0) is 52.0 Å². The lowest BCUT2D eigenvalue weighted by atomic mass is 9.94. The molecule has 0 radical (unpaired) electrons. The summed E-state index contributed by atoms with van der Waals surface area (Å²) < 4.78 is 10.5. The molecule has 5 heteroatoms. The Kier molecular flexibility index (Phi) is 9.79. The van der Waals surface area contributed by atoms with Gasteiger partial charge in [0.25, 0.3) is 0 Å². The predicted octanol–water partition coefficient (Wildman–Crippen LogP) is 4.04. The van der Waals surface area contributed by atoms with Crippen LogP contribution in [-0.4, -0.2) is 29.8 Å². The lowest BCUT2D eigenvalue weighted by Crippen LogP contribution is -2.29. The van der Waals surface area contributed by atoms with Crippen molar-refractivity contribution in [3.05, 3.63) is 48.6 Å². The SMILES string of the molecule is C=CC[C@H](C(=O)OCc1ccccc1)[C@H](O)CCCCOC(=O)C(C)(C)C. The molecule has 1 aromatic carbocycles. The van der Waals surface area contributed by atoms with E-state index in [2.05, 4.69) is 6.58 Å². The van der Waals surface area contributed by atoms with E-state index in [1.54, 1.807) is 26.8 Å². The zero-order chi connectivity index (χ0) is 20.3. The minimum absolute atomic E-state index is 0.183. The normalized spacial score (nSPS) is 13.5. The molecule has 1 aromatic rings. The Balaban J connectivity index is 2.38. The first-order valence-electron chi connectivity index (χ1n) is 9.42. The maximum atomic E-state index is 12.3. The zero-order valence-corrected chi connectivity index (χ0v) is 16.6. The fourth-order valence-electron chi connectivity index (χ4n) is 2.46. The number of hydrogen-bond donors (Lipinski definition) is 1. The quantitative estimate of drug-likeness (QED) is 0.358. The molecule has 0 amide bonds. The zero-order valence-electron chi connectivity index (χ0n) is 16.6. The summed E-state index contributed by atoms with van der Waals surface area (Å²) in [7, 11) is 0. The molecular formula is C22H32O5. The highest BCUT2D eigenvalue weighted by atomic mass is 16.5. The first-order valence-corrected chi connectivity index (χ1v) is 9.42. The summed E-state index contributed by atoms with van der Waals surface area (Å²) in [6, 6.07) is 9.42. The Labute approximate surface area is 162 Å². The predicted molar refractivity (Wildman–Crippen MR) is 105 cm³/mol. The smallest absolute Gasteiger partial charge is 0.312 e. The van der Waals surface area contributed by atoms with Gasteiger partial charge < -0.3 is 14.6 Å². The van der Waals surface area contributed by atoms with Gasteiger partial charge in [0.05, 0.1) is 24.0 Å². The van der Waals surface area contributed by atoms with Gasteiger partial charge in [0.15, 0.2) is 0 Å². The molecule has 150 valence electrons. The Morgan fingerprint density at radius 3 is 2.41 bits per heavy atom. The molecule has 0 aliphatic rings. The number of carbonyl (C=O) groups excluding carboxylic acids is 2. The van der Waals surface area contributed by atoms with Gasteiger partial charge in [-0.15, -0.1) is 6.58 Å². The molecule has 0 aliphatic heterocycles. The fraction of sp³-hybridized carbons (Fsp3) is 0.545. The standard InChI is InChI=1S/C22H32O5/c1-5-11-18(20(24)27-16-17-12-7-6-8-13-17)19(23)14-9-10-15-26-21(25)22(2,3)4/h5-8,12-13,18-19,23H,1,9-11,14-16H2,2-4H3/t18-,19+/m0/s1. The summed E-state index contributed by atoms with van der Waals surface area (Å²) in [4.78, 5) is 24.0. The van der Waals surface area contributed by atoms with Crippen LogP contribution in [0.1, 0.15) is 52.0 Å². The molecule has 27 heavy (non-hydrogen) atoms. The second-order valence-electron chi connectivity index (χ2n) is 7.67. The second kappa shape index (κ2) is 11.5. The van der Waals surface area contributed by atoms with E-state index in [1.165, 1.54) is 0 Å². The molecule has 5 nitrogen and oxygen atoms in total. The third kappa shape index (κ3) is 8.87. The van der Waals surface area contributed by atoms with E-state index in [9.17, 15) is 14.7 Å². The minimum Gasteiger partial charge on any atom is -0.465 e. The average Bonchev–Trinajstić information content (AvgIpc) is 2.63. The number of carbonyl (C=O) groups is 2. The number of unbranched alkanes of at least 4 members (excludes halogenated alkanes) is 1. The largest absolute Gasteiger partial charge is 0.465 e. The summed E-state index contributed by atoms with van der Waals surface area (Å²) in [5.74, 6) is -1.30. The van der Waals surface area contributed by atoms with Crippen molar-refractivity contribution in [1.82, 2.24) is 0 Å². The second-order valence-corrected chi connectivity index (χ2v) is 7.67. The van der Waals surface area contributed by atoms with Crippen LogP contribution in [0, 0.1) is 11.3 Å². The van der Waals surface area contributed by atoms with Crippen LogP contribution in [0.3, 0.4) is 0 Å². The van der Waals surface area contributed by atoms with Gasteiger partial charge in [-0.2, -0.15) is 0 Å². The summed E-state index contributed by atoms with van der Waals surface area (Å²) in [6.45, 7) is 9.57. The minimum atomic E-state index is -0.815. The van der Waals surface area contributed by atoms with E-state index in [1.807, 2.05) is 30.3 Å². The van der Waals surface area contributed by atoms with Gasteiger partial charge in [0.2, 0.25) is 0 Å². The van der Waals surface area contributed by atoms with Crippen molar-refractivity contribution in [2.24, 2.45) is 11.3 Å². The summed E-state index contributed by atoms with van der Waals surface area (Å²) in [5.41, 5.74) is 0.384. The Hall–Kier alpha value is -2.14. The molecule has 0 aromatic heterocycles. The fourth-order valence-corrected chi connectivity index (χ4v) is 2.46. The molecule has 2 atom stereocenters. The summed E-state index contributed by atoms with van der Waals surface area (Å²) in [6.07, 6.45) is 2.88. The summed E-state index contributed by atoms with van der Waals surface area (Å²) in [5, 5.41) is 10.4. The molecule has 0 spiro atoms. The van der Waals surface area contributed by atoms with Gasteiger partial charge in [0.1, 0.15) is 6.61 Å². The highest BCUT2D eigenvalue weighted by Crippen LogP contribution is 2.19. The highest BCUT2D eigenvalue weighted by Gasteiger charge is 2.27. The number of aliphatic hydroxyl groups excluding tert-OH is 1. The van der Waals surface area contributed by atoms with Crippen molar-refractivity contribution >= 4 is 11.9 Å². The van der Waals surface area contributed by atoms with Crippen molar-refractivity contribution in [1.29, 1.82) is 0 Å². The number of rotatable bonds is 11. The van der Waals surface area contributed by atoms with Crippen molar-refractivity contribution in [2.75, 3.05) is 6.61 Å². The van der Waals surface area contributed by atoms with Crippen LogP contribution in [-0.2, 0) is 25.7 Å². The van der Waals surface area contributed by atoms with Gasteiger partial charge in [-0.25, -0.2) is 0 Å². The Morgan fingerprint density at radius 1 is 1.15 bits per heavy atom. The first kappa shape index (κ1) is 22.9. The topological polar surface area (TPSA) is 72.8 Å². The lowest BCUT2D eigenvalue weighted by Gasteiger charge is -2.21. The van der Waals surface area contributed by atoms with Crippen LogP contribution in [0.5, 0.6) is 0 Å². The van der Waals surface area contributed by atoms with Crippen molar-refractivity contribution in [3.63, 3.8) is 0 Å². The number of esters is 2. The van der Waals surface area contributed by atoms with Crippen LogP contribution < -0.4 is 0 Å². The molecule has 0 fully saturated rings. The van der Waals surface area contributed by atoms with Crippen LogP contribution in [0.15, 0.2) is 43.0 Å². The van der Waals surface area contributed by atoms with Crippen molar-refractivity contribution < 1.29 is 24.2 Å². The molecule has 1 N–H and O–H groups in total. The van der Waals surface area contributed by atoms with E-state index >= 15 is 0 Å². The first-order chi connectivity index (χ1) is 12.8. The van der Waals surface area contributed by atoms with Crippen molar-refractivity contribution in [3.8, 4) is 0 Å². The number of aliphatic hydroxyl groups is 1. The third-order valence-electron chi connectivity index (χ3n) is 4.15. The number of benzene rings is 1. The average molecular weight is 376 g/mol. The van der Waals surface area contributed by atoms with Gasteiger partial charge in [0, 0.05) is 0 Å². The maximum absolute atomic E-state index is 12.3. The molecule has 0 heterocycles. The van der Waals surface area contributed by atoms with E-state index < -0.39 is 23.4 Å². The molecule has 0 aliphatic carbocycles. The van der Waals surface area contributed by atoms with Gasteiger partial charge in [-0.1, -0.05) is 36.4 Å². The van der Waals surface area contributed by atoms with Crippen LogP contribution in [0.25, 0.3) is 0 Å². The van der Waals surface area contributed by atoms with Crippen LogP contribution >= 0.6 is 0 Å². The number of allylic oxidation sites excluding steroid dienone is 1. The van der Waals surface area contributed by atoms with E-state index in [0.29, 0.717) is 32.3 Å². The van der Waals surface area contributed by atoms with E-state index in [4.69, 9.17) is 9.47 Å². The summed E-state index contributed by atoms with van der Waals surface area (Å²) >= 11 is 0. The number of ether oxygens (including phenoxy) is 2. The molecular weight excluding hydrogens is 344 g/mol. The molecule has 0 saturated carbocycles. The van der Waals surface area contributed by atoms with Gasteiger partial charge >= 0.3 is 11.9 Å². The van der Waals surface area contributed by atoms with Crippen LogP contribution in [0.4, 0.5) is 0 Å². The molecule has 0 saturated heterocycles. The number of hydrogen-bond acceptors (Lipinski definition) is 5. The highest BCUT2D eigenvalue weighted by molar-refractivity contribution is 5.75. The third-order valence-corrected chi connectivity index (χ3v) is 4.15.